The van der Waals surface area contributed by atoms with Crippen LogP contribution in [0, 0.1) is 0 Å². The van der Waals surface area contributed by atoms with Gasteiger partial charge in [0.2, 0.25) is 0 Å². The van der Waals surface area contributed by atoms with E-state index < -0.39 is 27.0 Å². The Morgan fingerprint density at radius 2 is 1.64 bits per heavy atom. The van der Waals surface area contributed by atoms with Gasteiger partial charge in [0.15, 0.2) is 20.9 Å². The van der Waals surface area contributed by atoms with Crippen LogP contribution < -0.4 is 4.74 Å². The average molecular weight is 316 g/mol. The highest BCUT2D eigenvalue weighted by Gasteiger charge is 2.45. The fraction of sp³-hybridized carbons (Fsp3) is 0.235. The predicted octanol–water partition coefficient (Wildman–Crippen LogP) is 2.81. The maximum Gasteiger partial charge on any atom is 0.188 e. The molecule has 0 radical (unpaired) electrons. The number of hydrogen-bond acceptors (Lipinski definition) is 4. The van der Waals surface area contributed by atoms with Crippen molar-refractivity contribution in [1.29, 1.82) is 0 Å². The Morgan fingerprint density at radius 1 is 1.00 bits per heavy atom. The predicted molar refractivity (Wildman–Crippen MR) is 83.8 cm³/mol. The molecule has 0 amide bonds. The fourth-order valence-electron chi connectivity index (χ4n) is 2.68. The van der Waals surface area contributed by atoms with E-state index in [4.69, 9.17) is 4.74 Å². The molecular formula is C17H16O4S. The van der Waals surface area contributed by atoms with Crippen molar-refractivity contribution in [3.63, 3.8) is 0 Å². The monoisotopic (exact) mass is 316 g/mol. The molecule has 2 atom stereocenters. The molecule has 1 aliphatic rings. The first-order valence-electron chi connectivity index (χ1n) is 7.11. The fourth-order valence-corrected chi connectivity index (χ4v) is 4.08. The van der Waals surface area contributed by atoms with Gasteiger partial charge in [0.25, 0.3) is 0 Å². The highest BCUT2D eigenvalue weighted by atomic mass is 32.2. The molecule has 1 heterocycles. The molecule has 0 saturated heterocycles. The third kappa shape index (κ3) is 2.41. The number of hydrogen-bond donors (Lipinski definition) is 0. The number of ether oxygens (including phenoxy) is 1. The third-order valence-corrected chi connectivity index (χ3v) is 5.90. The van der Waals surface area contributed by atoms with E-state index in [0.717, 1.165) is 0 Å². The zero-order valence-electron chi connectivity index (χ0n) is 12.1. The molecule has 4 nitrogen and oxygen atoms in total. The van der Waals surface area contributed by atoms with Crippen LogP contribution in [0.15, 0.2) is 54.6 Å². The number of carbonyl (C=O) groups excluding carboxylic acids is 1. The van der Waals surface area contributed by atoms with Crippen LogP contribution in [-0.2, 0) is 9.84 Å². The molecule has 0 aliphatic carbocycles. The molecule has 5 heteroatoms. The first-order valence-corrected chi connectivity index (χ1v) is 8.82. The maximum absolute atomic E-state index is 12.7. The molecule has 0 saturated carbocycles. The molecule has 0 fully saturated rings. The van der Waals surface area contributed by atoms with Crippen molar-refractivity contribution in [3.8, 4) is 5.75 Å². The van der Waals surface area contributed by atoms with E-state index in [9.17, 15) is 13.2 Å². The summed E-state index contributed by atoms with van der Waals surface area (Å²) in [6.07, 6.45) is -0.812. The highest BCUT2D eigenvalue weighted by Crippen LogP contribution is 2.38. The van der Waals surface area contributed by atoms with Crippen LogP contribution in [0.3, 0.4) is 0 Å². The molecule has 0 N–H and O–H groups in total. The van der Waals surface area contributed by atoms with Gasteiger partial charge < -0.3 is 4.74 Å². The van der Waals surface area contributed by atoms with Crippen molar-refractivity contribution < 1.29 is 17.9 Å². The lowest BCUT2D eigenvalue weighted by Crippen LogP contribution is -2.42. The van der Waals surface area contributed by atoms with Crippen LogP contribution in [0.5, 0.6) is 5.75 Å². The number of carbonyl (C=O) groups is 1. The molecule has 2 aromatic carbocycles. The minimum Gasteiger partial charge on any atom is -0.483 e. The Hall–Kier alpha value is -2.14. The lowest BCUT2D eigenvalue weighted by molar-refractivity contribution is 0.0860. The van der Waals surface area contributed by atoms with Crippen molar-refractivity contribution in [1.82, 2.24) is 0 Å². The van der Waals surface area contributed by atoms with Gasteiger partial charge in [-0.15, -0.1) is 0 Å². The van der Waals surface area contributed by atoms with Crippen molar-refractivity contribution in [2.24, 2.45) is 0 Å². The number of benzene rings is 2. The highest BCUT2D eigenvalue weighted by molar-refractivity contribution is 7.92. The van der Waals surface area contributed by atoms with E-state index >= 15 is 0 Å². The Balaban J connectivity index is 2.17. The summed E-state index contributed by atoms with van der Waals surface area (Å²) in [4.78, 5) is 12.7. The molecule has 0 unspecified atom stereocenters. The lowest BCUT2D eigenvalue weighted by Gasteiger charge is -2.32. The second-order valence-electron chi connectivity index (χ2n) is 5.18. The summed E-state index contributed by atoms with van der Waals surface area (Å²) in [5.41, 5.74) is 1.02. The Morgan fingerprint density at radius 3 is 2.32 bits per heavy atom. The van der Waals surface area contributed by atoms with Crippen molar-refractivity contribution in [2.45, 2.75) is 18.3 Å². The SMILES string of the molecule is CCS(=O)(=O)[C@H]1C(=O)c2ccccc2O[C@H]1c1ccccc1. The van der Waals surface area contributed by atoms with Gasteiger partial charge >= 0.3 is 0 Å². The van der Waals surface area contributed by atoms with Gasteiger partial charge in [0.1, 0.15) is 11.9 Å². The average Bonchev–Trinajstić information content (AvgIpc) is 2.55. The third-order valence-electron chi connectivity index (χ3n) is 3.86. The van der Waals surface area contributed by atoms with Gasteiger partial charge in [-0.05, 0) is 17.7 Å². The van der Waals surface area contributed by atoms with Crippen LogP contribution in [0.2, 0.25) is 0 Å². The Kier molecular flexibility index (Phi) is 3.74. The molecule has 0 bridgehead atoms. The van der Waals surface area contributed by atoms with Gasteiger partial charge in [0, 0.05) is 5.75 Å². The van der Waals surface area contributed by atoms with Crippen LogP contribution in [0.1, 0.15) is 28.9 Å². The summed E-state index contributed by atoms with van der Waals surface area (Å²) < 4.78 is 30.8. The van der Waals surface area contributed by atoms with Gasteiger partial charge in [-0.1, -0.05) is 49.4 Å². The molecule has 22 heavy (non-hydrogen) atoms. The van der Waals surface area contributed by atoms with Gasteiger partial charge in [-0.2, -0.15) is 0 Å². The van der Waals surface area contributed by atoms with E-state index in [1.165, 1.54) is 0 Å². The Labute approximate surface area is 129 Å². The maximum atomic E-state index is 12.7. The topological polar surface area (TPSA) is 60.4 Å². The largest absolute Gasteiger partial charge is 0.483 e. The molecule has 114 valence electrons. The second-order valence-corrected chi connectivity index (χ2v) is 7.59. The van der Waals surface area contributed by atoms with Crippen LogP contribution >= 0.6 is 0 Å². The number of sulfone groups is 1. The van der Waals surface area contributed by atoms with Gasteiger partial charge in [-0.25, -0.2) is 8.42 Å². The number of rotatable bonds is 3. The second kappa shape index (κ2) is 5.57. The minimum absolute atomic E-state index is 0.0989. The van der Waals surface area contributed by atoms with Crippen molar-refractivity contribution in [3.05, 3.63) is 65.7 Å². The summed E-state index contributed by atoms with van der Waals surface area (Å²) in [7, 11) is -3.59. The van der Waals surface area contributed by atoms with E-state index in [2.05, 4.69) is 0 Å². The first kappa shape index (κ1) is 14.8. The van der Waals surface area contributed by atoms with E-state index in [1.807, 2.05) is 6.07 Å². The van der Waals surface area contributed by atoms with Crippen LogP contribution in [0.4, 0.5) is 0 Å². The minimum atomic E-state index is -3.59. The number of para-hydroxylation sites is 1. The van der Waals surface area contributed by atoms with Crippen LogP contribution in [-0.4, -0.2) is 25.2 Å². The van der Waals surface area contributed by atoms with Gasteiger partial charge in [0.05, 0.1) is 5.56 Å². The first-order chi connectivity index (χ1) is 10.5. The summed E-state index contributed by atoms with van der Waals surface area (Å²) in [5, 5.41) is -1.20. The quantitative estimate of drug-likeness (QED) is 0.873. The Bertz CT molecular complexity index is 796. The molecular weight excluding hydrogens is 300 g/mol. The molecule has 3 rings (SSSR count). The van der Waals surface area contributed by atoms with Crippen molar-refractivity contribution in [2.75, 3.05) is 5.75 Å². The molecule has 1 aliphatic heterocycles. The van der Waals surface area contributed by atoms with Gasteiger partial charge in [-0.3, -0.25) is 4.79 Å². The van der Waals surface area contributed by atoms with E-state index in [1.54, 1.807) is 55.5 Å². The number of fused-ring (bicyclic) bond motifs is 1. The molecule has 2 aromatic rings. The smallest absolute Gasteiger partial charge is 0.188 e. The molecule has 0 spiro atoms. The van der Waals surface area contributed by atoms with E-state index in [-0.39, 0.29) is 5.75 Å². The zero-order chi connectivity index (χ0) is 15.7. The number of Topliss-reactive ketones (excluding diaryl/α,β-unsaturated/α-hetero) is 1. The number of ketones is 1. The lowest BCUT2D eigenvalue weighted by atomic mass is 9.96. The summed E-state index contributed by atoms with van der Waals surface area (Å²) in [6.45, 7) is 1.55. The van der Waals surface area contributed by atoms with E-state index in [0.29, 0.717) is 16.9 Å². The summed E-state index contributed by atoms with van der Waals surface area (Å²) >= 11 is 0. The molecule has 0 aromatic heterocycles. The zero-order valence-corrected chi connectivity index (χ0v) is 12.9. The van der Waals surface area contributed by atoms with Crippen molar-refractivity contribution >= 4 is 15.6 Å². The summed E-state index contributed by atoms with van der Waals surface area (Å²) in [5.74, 6) is -0.0559. The standard InChI is InChI=1S/C17H16O4S/c1-2-22(19,20)17-15(18)13-10-6-7-11-14(13)21-16(17)12-8-4-3-5-9-12/h3-11,16-17H,2H2,1H3/t16-,17-/m0/s1. The summed E-state index contributed by atoms with van der Waals surface area (Å²) in [6, 6.07) is 15.8. The van der Waals surface area contributed by atoms with Crippen LogP contribution in [0.25, 0.3) is 0 Å². The normalized spacial score (nSPS) is 21.0.